The van der Waals surface area contributed by atoms with Crippen LogP contribution in [-0.4, -0.2) is 50.7 Å². The molecule has 0 radical (unpaired) electrons. The van der Waals surface area contributed by atoms with Gasteiger partial charge < -0.3 is 9.64 Å². The Bertz CT molecular complexity index is 638. The van der Waals surface area contributed by atoms with Gasteiger partial charge in [-0.15, -0.1) is 16.9 Å². The van der Waals surface area contributed by atoms with E-state index in [1.165, 1.54) is 12.8 Å². The van der Waals surface area contributed by atoms with Crippen LogP contribution in [0.1, 0.15) is 44.2 Å². The Hall–Kier alpha value is -1.50. The Morgan fingerprint density at radius 1 is 1.43 bits per heavy atom. The lowest BCUT2D eigenvalue weighted by molar-refractivity contribution is -0.127. The molecule has 1 aliphatic carbocycles. The number of amides is 1. The molecule has 124 valence electrons. The van der Waals surface area contributed by atoms with E-state index >= 15 is 0 Å². The van der Waals surface area contributed by atoms with Crippen LogP contribution in [0.5, 0.6) is 0 Å². The summed E-state index contributed by atoms with van der Waals surface area (Å²) in [7, 11) is 0. The quantitative estimate of drug-likeness (QED) is 0.844. The van der Waals surface area contributed by atoms with Gasteiger partial charge in [0.15, 0.2) is 0 Å². The van der Waals surface area contributed by atoms with E-state index in [2.05, 4.69) is 16.5 Å². The molecule has 0 unspecified atom stereocenters. The molecular formula is C16H22N4O2S. The normalized spacial score (nSPS) is 24.9. The third-order valence-corrected chi connectivity index (χ3v) is 5.87. The van der Waals surface area contributed by atoms with Gasteiger partial charge in [-0.3, -0.25) is 9.48 Å². The minimum Gasteiger partial charge on any atom is -0.496 e. The molecule has 23 heavy (non-hydrogen) atoms. The molecule has 1 saturated heterocycles. The number of likely N-dealkylation sites (tertiary alicyclic amines) is 1. The van der Waals surface area contributed by atoms with Gasteiger partial charge in [0.25, 0.3) is 5.91 Å². The molecule has 1 aromatic heterocycles. The predicted molar refractivity (Wildman–Crippen MR) is 87.8 cm³/mol. The van der Waals surface area contributed by atoms with E-state index in [-0.39, 0.29) is 11.9 Å². The summed E-state index contributed by atoms with van der Waals surface area (Å²) in [6, 6.07) is 0.207. The molecule has 0 spiro atoms. The first kappa shape index (κ1) is 15.1. The number of carbonyl (C=O) groups excluding carboxylic acids is 1. The fourth-order valence-electron chi connectivity index (χ4n) is 3.33. The monoisotopic (exact) mass is 334 g/mol. The largest absolute Gasteiger partial charge is 0.496 e. The second kappa shape index (κ2) is 6.19. The number of rotatable bonds is 4. The summed E-state index contributed by atoms with van der Waals surface area (Å²) < 4.78 is 7.46. The molecule has 2 fully saturated rings. The number of nitrogens with zero attached hydrogens (tertiary/aromatic N) is 4. The van der Waals surface area contributed by atoms with E-state index in [0.717, 1.165) is 48.0 Å². The number of hydrogen-bond donors (Lipinski definition) is 0. The molecule has 0 N–H and O–H groups in total. The van der Waals surface area contributed by atoms with Gasteiger partial charge in [-0.1, -0.05) is 5.21 Å². The molecule has 0 bridgehead atoms. The number of aromatic nitrogens is 3. The van der Waals surface area contributed by atoms with Gasteiger partial charge >= 0.3 is 0 Å². The number of hydrogen-bond acceptors (Lipinski definition) is 5. The van der Waals surface area contributed by atoms with Crippen molar-refractivity contribution in [3.63, 3.8) is 0 Å². The van der Waals surface area contributed by atoms with Gasteiger partial charge in [0.1, 0.15) is 10.7 Å². The first-order valence-electron chi connectivity index (χ1n) is 8.40. The van der Waals surface area contributed by atoms with Crippen molar-refractivity contribution in [1.29, 1.82) is 0 Å². The van der Waals surface area contributed by atoms with E-state index in [9.17, 15) is 4.79 Å². The van der Waals surface area contributed by atoms with E-state index in [1.807, 2.05) is 16.5 Å². The van der Waals surface area contributed by atoms with Crippen LogP contribution in [0.2, 0.25) is 0 Å². The predicted octanol–water partition coefficient (Wildman–Crippen LogP) is 2.14. The highest BCUT2D eigenvalue weighted by Gasteiger charge is 2.33. The molecule has 1 saturated carbocycles. The number of allylic oxidation sites excluding steroid dienone is 1. The maximum Gasteiger partial charge on any atom is 0.264 e. The standard InChI is InChI=1S/C16H22N4O2S/c1-11-15(23-8-7-22-11)16(21)20-6-2-3-13(20)9-19-10-14(17-18-19)12-4-5-12/h10,12-13H,2-9H2,1H3/t13-/m0/s1. The van der Waals surface area contributed by atoms with Crippen molar-refractivity contribution in [2.45, 2.75) is 51.1 Å². The minimum absolute atomic E-state index is 0.122. The summed E-state index contributed by atoms with van der Waals surface area (Å²) in [6.07, 6.45) is 6.61. The lowest BCUT2D eigenvalue weighted by Gasteiger charge is -2.27. The fraction of sp³-hybridized carbons (Fsp3) is 0.688. The summed E-state index contributed by atoms with van der Waals surface area (Å²) >= 11 is 1.62. The van der Waals surface area contributed by atoms with Crippen molar-refractivity contribution in [2.75, 3.05) is 18.9 Å². The van der Waals surface area contributed by atoms with Crippen LogP contribution in [0.3, 0.4) is 0 Å². The van der Waals surface area contributed by atoms with Crippen molar-refractivity contribution in [3.05, 3.63) is 22.6 Å². The molecule has 6 nitrogen and oxygen atoms in total. The second-order valence-corrected chi connectivity index (χ2v) is 7.62. The van der Waals surface area contributed by atoms with Gasteiger partial charge in [0.05, 0.1) is 24.9 Å². The minimum atomic E-state index is 0.122. The first-order valence-corrected chi connectivity index (χ1v) is 9.38. The van der Waals surface area contributed by atoms with Crippen LogP contribution in [0, 0.1) is 0 Å². The summed E-state index contributed by atoms with van der Waals surface area (Å²) in [5, 5.41) is 8.52. The van der Waals surface area contributed by atoms with Crippen LogP contribution in [-0.2, 0) is 16.1 Å². The van der Waals surface area contributed by atoms with Crippen LogP contribution in [0.15, 0.2) is 16.9 Å². The zero-order chi connectivity index (χ0) is 15.8. The van der Waals surface area contributed by atoms with E-state index < -0.39 is 0 Å². The lowest BCUT2D eigenvalue weighted by atomic mass is 10.2. The third kappa shape index (κ3) is 3.11. The number of carbonyl (C=O) groups is 1. The highest BCUT2D eigenvalue weighted by Crippen LogP contribution is 2.38. The Morgan fingerprint density at radius 3 is 3.09 bits per heavy atom. The summed E-state index contributed by atoms with van der Waals surface area (Å²) in [5.74, 6) is 2.37. The zero-order valence-electron chi connectivity index (χ0n) is 13.4. The maximum absolute atomic E-state index is 12.9. The average molecular weight is 334 g/mol. The van der Waals surface area contributed by atoms with Crippen LogP contribution < -0.4 is 0 Å². The van der Waals surface area contributed by atoms with Crippen molar-refractivity contribution < 1.29 is 9.53 Å². The Morgan fingerprint density at radius 2 is 2.30 bits per heavy atom. The van der Waals surface area contributed by atoms with Crippen molar-refractivity contribution in [3.8, 4) is 0 Å². The molecule has 4 rings (SSSR count). The zero-order valence-corrected chi connectivity index (χ0v) is 14.2. The SMILES string of the molecule is CC1=C(C(=O)N2CCC[C@H]2Cn2cc(C3CC3)nn2)SCCO1. The average Bonchev–Trinajstić information content (AvgIpc) is 3.13. The fourth-order valence-corrected chi connectivity index (χ4v) is 4.20. The first-order chi connectivity index (χ1) is 11.2. The molecule has 2 aliphatic heterocycles. The summed E-state index contributed by atoms with van der Waals surface area (Å²) in [4.78, 5) is 15.6. The molecule has 0 aromatic carbocycles. The second-order valence-electron chi connectivity index (χ2n) is 6.52. The maximum atomic E-state index is 12.9. The smallest absolute Gasteiger partial charge is 0.264 e. The molecule has 3 heterocycles. The number of ether oxygens (including phenoxy) is 1. The van der Waals surface area contributed by atoms with Crippen molar-refractivity contribution >= 4 is 17.7 Å². The molecule has 7 heteroatoms. The summed E-state index contributed by atoms with van der Waals surface area (Å²) in [5.41, 5.74) is 1.11. The van der Waals surface area contributed by atoms with Gasteiger partial charge in [0.2, 0.25) is 0 Å². The molecular weight excluding hydrogens is 312 g/mol. The van der Waals surface area contributed by atoms with Crippen molar-refractivity contribution in [2.24, 2.45) is 0 Å². The Labute approximate surface area is 140 Å². The molecule has 1 amide bonds. The summed E-state index contributed by atoms with van der Waals surface area (Å²) in [6.45, 7) is 4.15. The molecule has 1 aromatic rings. The third-order valence-electron chi connectivity index (χ3n) is 4.75. The molecule has 1 atom stereocenters. The van der Waals surface area contributed by atoms with E-state index in [0.29, 0.717) is 12.5 Å². The van der Waals surface area contributed by atoms with Gasteiger partial charge in [-0.25, -0.2) is 0 Å². The van der Waals surface area contributed by atoms with Gasteiger partial charge in [-0.05, 0) is 32.6 Å². The Balaban J connectivity index is 1.46. The van der Waals surface area contributed by atoms with Crippen LogP contribution in [0.25, 0.3) is 0 Å². The molecule has 3 aliphatic rings. The Kier molecular flexibility index (Phi) is 4.05. The lowest BCUT2D eigenvalue weighted by Crippen LogP contribution is -2.39. The van der Waals surface area contributed by atoms with E-state index in [1.54, 1.807) is 11.8 Å². The highest BCUT2D eigenvalue weighted by molar-refractivity contribution is 8.04. The van der Waals surface area contributed by atoms with Crippen LogP contribution in [0.4, 0.5) is 0 Å². The van der Waals surface area contributed by atoms with E-state index in [4.69, 9.17) is 4.74 Å². The topological polar surface area (TPSA) is 60.2 Å². The van der Waals surface area contributed by atoms with Gasteiger partial charge in [0, 0.05) is 24.4 Å². The van der Waals surface area contributed by atoms with Gasteiger partial charge in [-0.2, -0.15) is 0 Å². The highest BCUT2D eigenvalue weighted by atomic mass is 32.2. The van der Waals surface area contributed by atoms with Crippen molar-refractivity contribution in [1.82, 2.24) is 19.9 Å². The number of thioether (sulfide) groups is 1. The van der Waals surface area contributed by atoms with Crippen LogP contribution >= 0.6 is 11.8 Å².